The molecule has 0 aliphatic heterocycles. The summed E-state index contributed by atoms with van der Waals surface area (Å²) in [6, 6.07) is 17.2. The maximum Gasteiger partial charge on any atom is 0.286 e. The van der Waals surface area contributed by atoms with Crippen LogP contribution in [-0.2, 0) is 0 Å². The van der Waals surface area contributed by atoms with Crippen LogP contribution >= 0.6 is 0 Å². The van der Waals surface area contributed by atoms with Gasteiger partial charge in [-0.2, -0.15) is 0 Å². The summed E-state index contributed by atoms with van der Waals surface area (Å²) in [5, 5.41) is 0.128. The van der Waals surface area contributed by atoms with Crippen LogP contribution in [0.3, 0.4) is 0 Å². The van der Waals surface area contributed by atoms with E-state index in [0.29, 0.717) is 5.56 Å². The molecule has 0 heterocycles. The molecule has 0 saturated heterocycles. The molecule has 2 aromatic carbocycles. The van der Waals surface area contributed by atoms with Crippen LogP contribution in [0.25, 0.3) is 0 Å². The first kappa shape index (κ1) is 10.4. The zero-order valence-corrected chi connectivity index (χ0v) is 8.43. The van der Waals surface area contributed by atoms with Gasteiger partial charge in [0.2, 0.25) is 0 Å². The van der Waals surface area contributed by atoms with Crippen molar-refractivity contribution in [1.82, 2.24) is 0 Å². The van der Waals surface area contributed by atoms with Crippen molar-refractivity contribution in [3.63, 3.8) is 0 Å². The van der Waals surface area contributed by atoms with E-state index in [1.807, 2.05) is 0 Å². The third kappa shape index (κ3) is 2.08. The molecule has 0 aliphatic carbocycles. The maximum atomic E-state index is 13.7. The average Bonchev–Trinajstić information content (AvgIpc) is 2.39. The monoisotopic (exact) mass is 214 g/mol. The third-order valence-corrected chi connectivity index (χ3v) is 2.13. The normalized spacial score (nSPS) is 9.81. The Morgan fingerprint density at radius 2 is 1.69 bits per heavy atom. The number of hydrogen-bond acceptors (Lipinski definition) is 1. The van der Waals surface area contributed by atoms with E-state index in [-0.39, 0.29) is 10.8 Å². The highest BCUT2D eigenvalue weighted by Gasteiger charge is 2.16. The maximum absolute atomic E-state index is 13.7. The van der Waals surface area contributed by atoms with Crippen molar-refractivity contribution in [2.24, 2.45) is 0 Å². The van der Waals surface area contributed by atoms with Crippen molar-refractivity contribution in [3.8, 4) is 0 Å². The quantitative estimate of drug-likeness (QED) is 0.703. The minimum atomic E-state index is -0.674. The van der Waals surface area contributed by atoms with Crippen molar-refractivity contribution < 1.29 is 9.28 Å². The summed E-state index contributed by atoms with van der Waals surface area (Å²) in [5.74, 6) is -0.674. The molecule has 2 nitrogen and oxygen atoms in total. The van der Waals surface area contributed by atoms with Crippen molar-refractivity contribution in [1.29, 1.82) is 0 Å². The molecule has 0 aromatic heterocycles. The van der Waals surface area contributed by atoms with Crippen molar-refractivity contribution >= 4 is 11.6 Å². The van der Waals surface area contributed by atoms with Gasteiger partial charge in [0.05, 0.1) is 5.69 Å². The Hall–Kier alpha value is -2.16. The van der Waals surface area contributed by atoms with Crippen LogP contribution in [0.2, 0.25) is 0 Å². The molecular weight excluding hydrogens is 205 g/mol. The molecular formula is C13H9FNO. The minimum Gasteiger partial charge on any atom is -0.266 e. The minimum absolute atomic E-state index is 0.128. The average molecular weight is 214 g/mol. The number of nitrogens with zero attached hydrogens (tertiary/aromatic N) is 1. The van der Waals surface area contributed by atoms with Gasteiger partial charge in [0, 0.05) is 5.56 Å². The van der Waals surface area contributed by atoms with Crippen LogP contribution in [-0.4, -0.2) is 5.91 Å². The summed E-state index contributed by atoms with van der Waals surface area (Å²) < 4.78 is 13.7. The molecule has 0 N–H and O–H groups in total. The fourth-order valence-corrected chi connectivity index (χ4v) is 1.32. The van der Waals surface area contributed by atoms with E-state index in [2.05, 4.69) is 6.07 Å². The molecule has 0 fully saturated rings. The van der Waals surface area contributed by atoms with E-state index in [1.165, 1.54) is 12.1 Å². The van der Waals surface area contributed by atoms with Crippen LogP contribution in [0.1, 0.15) is 10.4 Å². The van der Waals surface area contributed by atoms with Crippen LogP contribution < -0.4 is 5.12 Å². The summed E-state index contributed by atoms with van der Waals surface area (Å²) in [6.07, 6.45) is 0. The van der Waals surface area contributed by atoms with E-state index >= 15 is 0 Å². The predicted molar refractivity (Wildman–Crippen MR) is 59.6 cm³/mol. The fraction of sp³-hybridized carbons (Fsp3) is 0. The fourth-order valence-electron chi connectivity index (χ4n) is 1.32. The van der Waals surface area contributed by atoms with Gasteiger partial charge < -0.3 is 0 Å². The van der Waals surface area contributed by atoms with Gasteiger partial charge in [-0.3, -0.25) is 4.79 Å². The van der Waals surface area contributed by atoms with Gasteiger partial charge in [0.15, 0.2) is 0 Å². The molecule has 0 saturated carbocycles. The molecule has 79 valence electrons. The first-order valence-electron chi connectivity index (χ1n) is 4.80. The Morgan fingerprint density at radius 1 is 1.06 bits per heavy atom. The lowest BCUT2D eigenvalue weighted by molar-refractivity contribution is 0.0931. The lowest BCUT2D eigenvalue weighted by Crippen LogP contribution is -2.21. The number of carbonyl (C=O) groups excluding carboxylic acids is 1. The first-order chi connectivity index (χ1) is 7.79. The van der Waals surface area contributed by atoms with Gasteiger partial charge >= 0.3 is 0 Å². The van der Waals surface area contributed by atoms with E-state index in [0.717, 1.165) is 0 Å². The first-order valence-corrected chi connectivity index (χ1v) is 4.80. The molecule has 2 aromatic rings. The smallest absolute Gasteiger partial charge is 0.266 e. The van der Waals surface area contributed by atoms with Crippen LogP contribution in [0.4, 0.5) is 10.2 Å². The summed E-state index contributed by atoms with van der Waals surface area (Å²) >= 11 is 0. The molecule has 0 aliphatic rings. The largest absolute Gasteiger partial charge is 0.286 e. The highest BCUT2D eigenvalue weighted by Crippen LogP contribution is 2.16. The van der Waals surface area contributed by atoms with Crippen LogP contribution in [0, 0.1) is 6.07 Å². The molecule has 2 rings (SSSR count). The molecule has 0 unspecified atom stereocenters. The molecule has 3 heteroatoms. The summed E-state index contributed by atoms with van der Waals surface area (Å²) in [7, 11) is 0. The second-order valence-corrected chi connectivity index (χ2v) is 3.21. The van der Waals surface area contributed by atoms with E-state index < -0.39 is 5.91 Å². The predicted octanol–water partition coefficient (Wildman–Crippen LogP) is 3.02. The van der Waals surface area contributed by atoms with Crippen molar-refractivity contribution in [2.75, 3.05) is 5.12 Å². The second-order valence-electron chi connectivity index (χ2n) is 3.21. The SMILES string of the molecule is O=C(c1ccccc1)N(F)c1cc[c]cc1. The van der Waals surface area contributed by atoms with Gasteiger partial charge in [-0.05, 0) is 30.3 Å². The lowest BCUT2D eigenvalue weighted by Gasteiger charge is -2.11. The Kier molecular flexibility index (Phi) is 2.96. The number of rotatable bonds is 2. The Morgan fingerprint density at radius 3 is 2.31 bits per heavy atom. The standard InChI is InChI=1S/C13H9FNO/c14-15(12-9-5-2-6-10-12)13(16)11-7-3-1-4-8-11/h1,3-10H. The number of hydrogen-bond donors (Lipinski definition) is 0. The Labute approximate surface area is 92.9 Å². The van der Waals surface area contributed by atoms with Crippen LogP contribution in [0.15, 0.2) is 54.6 Å². The molecule has 1 amide bonds. The molecule has 0 spiro atoms. The zero-order valence-electron chi connectivity index (χ0n) is 8.43. The number of benzene rings is 2. The van der Waals surface area contributed by atoms with Gasteiger partial charge in [-0.1, -0.05) is 34.8 Å². The number of anilines is 1. The molecule has 0 bridgehead atoms. The van der Waals surface area contributed by atoms with Gasteiger partial charge in [0.1, 0.15) is 0 Å². The third-order valence-electron chi connectivity index (χ3n) is 2.13. The Bertz CT molecular complexity index is 470. The molecule has 0 atom stereocenters. The van der Waals surface area contributed by atoms with Gasteiger partial charge in [-0.25, -0.2) is 0 Å². The van der Waals surface area contributed by atoms with Gasteiger partial charge in [0.25, 0.3) is 5.91 Å². The molecule has 1 radical (unpaired) electrons. The summed E-state index contributed by atoms with van der Waals surface area (Å²) in [4.78, 5) is 11.7. The number of halogens is 1. The van der Waals surface area contributed by atoms with Crippen molar-refractivity contribution in [3.05, 3.63) is 66.2 Å². The van der Waals surface area contributed by atoms with Crippen LogP contribution in [0.5, 0.6) is 0 Å². The zero-order chi connectivity index (χ0) is 11.4. The molecule has 16 heavy (non-hydrogen) atoms. The number of carbonyl (C=O) groups is 1. The van der Waals surface area contributed by atoms with Gasteiger partial charge in [-0.15, -0.1) is 5.12 Å². The topological polar surface area (TPSA) is 20.3 Å². The van der Waals surface area contributed by atoms with E-state index in [1.54, 1.807) is 42.5 Å². The highest BCUT2D eigenvalue weighted by molar-refractivity contribution is 6.04. The highest BCUT2D eigenvalue weighted by atomic mass is 19.2. The lowest BCUT2D eigenvalue weighted by atomic mass is 10.2. The Balaban J connectivity index is 2.24. The summed E-state index contributed by atoms with van der Waals surface area (Å²) in [6.45, 7) is 0. The van der Waals surface area contributed by atoms with E-state index in [4.69, 9.17) is 0 Å². The van der Waals surface area contributed by atoms with Crippen molar-refractivity contribution in [2.45, 2.75) is 0 Å². The number of amides is 1. The van der Waals surface area contributed by atoms with E-state index in [9.17, 15) is 9.28 Å². The summed E-state index contributed by atoms with van der Waals surface area (Å²) in [5.41, 5.74) is 0.519. The second kappa shape index (κ2) is 4.57.